The van der Waals surface area contributed by atoms with Gasteiger partial charge in [-0.15, -0.1) is 0 Å². The van der Waals surface area contributed by atoms with Crippen molar-refractivity contribution < 1.29 is 18.3 Å². The molecule has 1 spiro atoms. The zero-order valence-corrected chi connectivity index (χ0v) is 17.8. The molecule has 29 heavy (non-hydrogen) atoms. The number of halogens is 3. The molecule has 2 aromatic rings. The lowest BCUT2D eigenvalue weighted by molar-refractivity contribution is -0.0353. The minimum atomic E-state index is -1.06. The zero-order chi connectivity index (χ0) is 20.6. The standard InChI is InChI=1S/C22H23BrF2N2O2/c1-15-5-6-18(20(25)19(15)24)21(28)27-9-7-22(8-10-27)13-26(14-29-22)12-16-3-2-4-17(23)11-16/h2-6,11H,7-10,12-14H2,1H3. The Morgan fingerprint density at radius 2 is 1.93 bits per heavy atom. The van der Waals surface area contributed by atoms with Crippen LogP contribution in [0.3, 0.4) is 0 Å². The highest BCUT2D eigenvalue weighted by Crippen LogP contribution is 2.33. The molecule has 2 aromatic carbocycles. The van der Waals surface area contributed by atoms with Crippen LogP contribution in [0.5, 0.6) is 0 Å². The molecular weight excluding hydrogens is 442 g/mol. The van der Waals surface area contributed by atoms with Gasteiger partial charge in [-0.1, -0.05) is 34.1 Å². The maximum absolute atomic E-state index is 14.2. The fraction of sp³-hybridized carbons (Fsp3) is 0.409. The van der Waals surface area contributed by atoms with Crippen molar-refractivity contribution in [1.29, 1.82) is 0 Å². The molecule has 0 atom stereocenters. The van der Waals surface area contributed by atoms with E-state index in [0.717, 1.165) is 17.6 Å². The molecule has 0 unspecified atom stereocenters. The first-order valence-corrected chi connectivity index (χ1v) is 10.5. The Morgan fingerprint density at radius 1 is 1.17 bits per heavy atom. The maximum atomic E-state index is 14.2. The Balaban J connectivity index is 1.37. The zero-order valence-electron chi connectivity index (χ0n) is 16.3. The molecule has 0 saturated carbocycles. The fourth-order valence-corrected chi connectivity index (χ4v) is 4.57. The minimum Gasteiger partial charge on any atom is -0.358 e. The Kier molecular flexibility index (Phi) is 5.73. The van der Waals surface area contributed by atoms with Crippen LogP contribution in [0.4, 0.5) is 8.78 Å². The summed E-state index contributed by atoms with van der Waals surface area (Å²) in [7, 11) is 0. The van der Waals surface area contributed by atoms with E-state index < -0.39 is 17.5 Å². The van der Waals surface area contributed by atoms with E-state index in [1.807, 2.05) is 12.1 Å². The van der Waals surface area contributed by atoms with Gasteiger partial charge in [0.2, 0.25) is 0 Å². The Morgan fingerprint density at radius 3 is 2.66 bits per heavy atom. The second kappa shape index (κ2) is 8.13. The molecule has 154 valence electrons. The van der Waals surface area contributed by atoms with E-state index in [2.05, 4.69) is 33.0 Å². The van der Waals surface area contributed by atoms with Gasteiger partial charge in [0.05, 0.1) is 11.2 Å². The van der Waals surface area contributed by atoms with Gasteiger partial charge in [-0.2, -0.15) is 0 Å². The number of carbonyl (C=O) groups excluding carboxylic acids is 1. The van der Waals surface area contributed by atoms with Gasteiger partial charge >= 0.3 is 0 Å². The van der Waals surface area contributed by atoms with Crippen LogP contribution in [0.2, 0.25) is 0 Å². The third-order valence-electron chi connectivity index (χ3n) is 5.83. The summed E-state index contributed by atoms with van der Waals surface area (Å²) < 4.78 is 35.2. The van der Waals surface area contributed by atoms with Gasteiger partial charge in [0, 0.05) is 30.7 Å². The molecule has 2 fully saturated rings. The van der Waals surface area contributed by atoms with Gasteiger partial charge in [0.1, 0.15) is 6.73 Å². The van der Waals surface area contributed by atoms with Crippen LogP contribution < -0.4 is 0 Å². The van der Waals surface area contributed by atoms with Crippen LogP contribution in [0.25, 0.3) is 0 Å². The predicted octanol–water partition coefficient (Wildman–Crippen LogP) is 4.50. The van der Waals surface area contributed by atoms with Crippen molar-refractivity contribution in [1.82, 2.24) is 9.80 Å². The van der Waals surface area contributed by atoms with Crippen molar-refractivity contribution in [3.05, 3.63) is 69.2 Å². The van der Waals surface area contributed by atoms with E-state index in [0.29, 0.717) is 32.7 Å². The van der Waals surface area contributed by atoms with Crippen molar-refractivity contribution in [2.75, 3.05) is 26.4 Å². The Hall–Kier alpha value is -1.83. The average Bonchev–Trinajstić information content (AvgIpc) is 3.08. The van der Waals surface area contributed by atoms with Crippen molar-refractivity contribution in [3.8, 4) is 0 Å². The summed E-state index contributed by atoms with van der Waals surface area (Å²) in [5.41, 5.74) is 0.929. The first kappa shape index (κ1) is 20.4. The van der Waals surface area contributed by atoms with Crippen LogP contribution >= 0.6 is 15.9 Å². The van der Waals surface area contributed by atoms with Crippen LogP contribution in [0, 0.1) is 18.6 Å². The van der Waals surface area contributed by atoms with Crippen molar-refractivity contribution in [2.24, 2.45) is 0 Å². The number of nitrogens with zero attached hydrogens (tertiary/aromatic N) is 2. The molecule has 2 aliphatic rings. The first-order valence-electron chi connectivity index (χ1n) is 9.71. The highest BCUT2D eigenvalue weighted by molar-refractivity contribution is 9.10. The Labute approximate surface area is 177 Å². The molecule has 0 bridgehead atoms. The fourth-order valence-electron chi connectivity index (χ4n) is 4.12. The number of benzene rings is 2. The molecule has 4 nitrogen and oxygen atoms in total. The molecule has 0 aromatic heterocycles. The summed E-state index contributed by atoms with van der Waals surface area (Å²) >= 11 is 3.50. The van der Waals surface area contributed by atoms with Crippen LogP contribution in [-0.2, 0) is 11.3 Å². The summed E-state index contributed by atoms with van der Waals surface area (Å²) in [5.74, 6) is -2.47. The topological polar surface area (TPSA) is 32.8 Å². The summed E-state index contributed by atoms with van der Waals surface area (Å²) in [6.07, 6.45) is 1.37. The van der Waals surface area contributed by atoms with Gasteiger partial charge < -0.3 is 9.64 Å². The summed E-state index contributed by atoms with van der Waals surface area (Å²) in [4.78, 5) is 16.5. The smallest absolute Gasteiger partial charge is 0.256 e. The van der Waals surface area contributed by atoms with E-state index in [-0.39, 0.29) is 16.7 Å². The molecular formula is C22H23BrF2N2O2. The van der Waals surface area contributed by atoms with Crippen LogP contribution in [0.1, 0.15) is 34.3 Å². The van der Waals surface area contributed by atoms with Crippen LogP contribution in [0.15, 0.2) is 40.9 Å². The third-order valence-corrected chi connectivity index (χ3v) is 6.32. The quantitative estimate of drug-likeness (QED) is 0.670. The van der Waals surface area contributed by atoms with Crippen molar-refractivity contribution in [3.63, 3.8) is 0 Å². The summed E-state index contributed by atoms with van der Waals surface area (Å²) in [6, 6.07) is 11.0. The average molecular weight is 465 g/mol. The number of carbonyl (C=O) groups is 1. The first-order chi connectivity index (χ1) is 13.9. The highest BCUT2D eigenvalue weighted by Gasteiger charge is 2.43. The molecule has 2 saturated heterocycles. The lowest BCUT2D eigenvalue weighted by Gasteiger charge is -2.38. The third kappa shape index (κ3) is 4.22. The number of rotatable bonds is 3. The number of piperidine rings is 1. The van der Waals surface area contributed by atoms with Gasteiger partial charge in [-0.25, -0.2) is 8.78 Å². The SMILES string of the molecule is Cc1ccc(C(=O)N2CCC3(CC2)CN(Cc2cccc(Br)c2)CO3)c(F)c1F. The molecule has 1 amide bonds. The van der Waals surface area contributed by atoms with Crippen LogP contribution in [-0.4, -0.2) is 47.7 Å². The molecule has 2 aliphatic heterocycles. The second-order valence-corrected chi connectivity index (χ2v) is 8.84. The second-order valence-electron chi connectivity index (χ2n) is 7.92. The van der Waals surface area contributed by atoms with Gasteiger partial charge in [0.25, 0.3) is 5.91 Å². The minimum absolute atomic E-state index is 0.196. The number of amides is 1. The number of hydrogen-bond acceptors (Lipinski definition) is 3. The number of ether oxygens (including phenoxy) is 1. The summed E-state index contributed by atoms with van der Waals surface area (Å²) in [5, 5.41) is 0. The molecule has 7 heteroatoms. The Bertz CT molecular complexity index is 929. The number of hydrogen-bond donors (Lipinski definition) is 0. The number of aryl methyl sites for hydroxylation is 1. The van der Waals surface area contributed by atoms with Gasteiger partial charge in [-0.05, 0) is 49.1 Å². The summed E-state index contributed by atoms with van der Waals surface area (Å²) in [6.45, 7) is 4.58. The van der Waals surface area contributed by atoms with E-state index in [9.17, 15) is 13.6 Å². The van der Waals surface area contributed by atoms with Gasteiger partial charge in [0.15, 0.2) is 11.6 Å². The monoisotopic (exact) mass is 464 g/mol. The molecule has 0 N–H and O–H groups in total. The highest BCUT2D eigenvalue weighted by atomic mass is 79.9. The lowest BCUT2D eigenvalue weighted by atomic mass is 9.91. The number of likely N-dealkylation sites (tertiary alicyclic amines) is 1. The van der Waals surface area contributed by atoms with E-state index in [1.54, 1.807) is 4.90 Å². The maximum Gasteiger partial charge on any atom is 0.256 e. The molecule has 0 aliphatic carbocycles. The lowest BCUT2D eigenvalue weighted by Crippen LogP contribution is -2.48. The van der Waals surface area contributed by atoms with Gasteiger partial charge in [-0.3, -0.25) is 9.69 Å². The van der Waals surface area contributed by atoms with E-state index in [4.69, 9.17) is 4.74 Å². The molecule has 4 rings (SSSR count). The normalized spacial score (nSPS) is 19.1. The predicted molar refractivity (Wildman–Crippen MR) is 109 cm³/mol. The van der Waals surface area contributed by atoms with E-state index in [1.165, 1.54) is 24.6 Å². The van der Waals surface area contributed by atoms with E-state index >= 15 is 0 Å². The molecule has 2 heterocycles. The molecule has 0 radical (unpaired) electrons. The largest absolute Gasteiger partial charge is 0.358 e. The van der Waals surface area contributed by atoms with Crippen molar-refractivity contribution >= 4 is 21.8 Å². The van der Waals surface area contributed by atoms with Crippen molar-refractivity contribution in [2.45, 2.75) is 31.9 Å².